The van der Waals surface area contributed by atoms with E-state index in [4.69, 9.17) is 4.74 Å². The van der Waals surface area contributed by atoms with Gasteiger partial charge in [0.25, 0.3) is 5.91 Å². The molecule has 0 saturated carbocycles. The highest BCUT2D eigenvalue weighted by atomic mass is 79.9. The molecule has 0 aromatic heterocycles. The highest BCUT2D eigenvalue weighted by Gasteiger charge is 2.13. The van der Waals surface area contributed by atoms with Crippen molar-refractivity contribution in [3.63, 3.8) is 0 Å². The molecule has 0 saturated heterocycles. The first-order chi connectivity index (χ1) is 13.5. The van der Waals surface area contributed by atoms with Crippen LogP contribution >= 0.6 is 15.9 Å². The van der Waals surface area contributed by atoms with Crippen molar-refractivity contribution in [1.29, 1.82) is 0 Å². The zero-order valence-electron chi connectivity index (χ0n) is 15.9. The molecule has 5 heteroatoms. The summed E-state index contributed by atoms with van der Waals surface area (Å²) in [6, 6.07) is 25.8. The van der Waals surface area contributed by atoms with Crippen molar-refractivity contribution in [2.75, 3.05) is 16.8 Å². The van der Waals surface area contributed by atoms with Gasteiger partial charge in [-0.15, -0.1) is 0 Å². The average molecular weight is 439 g/mol. The van der Waals surface area contributed by atoms with Crippen LogP contribution in [0.5, 0.6) is 5.75 Å². The third-order valence-electron chi connectivity index (χ3n) is 4.16. The maximum Gasteiger partial charge on any atom is 0.262 e. The second kappa shape index (κ2) is 9.42. The van der Waals surface area contributed by atoms with Crippen LogP contribution in [0.4, 0.5) is 17.1 Å². The Kier molecular flexibility index (Phi) is 6.71. The molecule has 0 radical (unpaired) electrons. The molecule has 0 aliphatic heterocycles. The van der Waals surface area contributed by atoms with E-state index in [2.05, 4.69) is 52.1 Å². The Hall–Kier alpha value is -2.79. The third kappa shape index (κ3) is 5.36. The Morgan fingerprint density at radius 2 is 1.54 bits per heavy atom. The fourth-order valence-corrected chi connectivity index (χ4v) is 3.18. The summed E-state index contributed by atoms with van der Waals surface area (Å²) in [6.45, 7) is 4.27. The molecule has 1 N–H and O–H groups in total. The summed E-state index contributed by atoms with van der Waals surface area (Å²) in [5, 5.41) is 2.87. The van der Waals surface area contributed by atoms with E-state index >= 15 is 0 Å². The number of carbonyl (C=O) groups is 1. The smallest absolute Gasteiger partial charge is 0.262 e. The molecule has 0 aliphatic rings. The number of carbonyl (C=O) groups excluding carboxylic acids is 1. The number of amides is 1. The molecule has 144 valence electrons. The topological polar surface area (TPSA) is 41.6 Å². The summed E-state index contributed by atoms with van der Waals surface area (Å²) >= 11 is 3.37. The molecule has 0 heterocycles. The first kappa shape index (κ1) is 20.0. The monoisotopic (exact) mass is 438 g/mol. The first-order valence-electron chi connectivity index (χ1n) is 9.15. The molecule has 3 rings (SSSR count). The van der Waals surface area contributed by atoms with Gasteiger partial charge < -0.3 is 15.0 Å². The van der Waals surface area contributed by atoms with Crippen LogP contribution in [0, 0.1) is 0 Å². The van der Waals surface area contributed by atoms with Crippen LogP contribution in [-0.4, -0.2) is 18.6 Å². The Morgan fingerprint density at radius 1 is 0.929 bits per heavy atom. The van der Waals surface area contributed by atoms with Crippen LogP contribution < -0.4 is 15.0 Å². The molecule has 1 amide bonds. The van der Waals surface area contributed by atoms with E-state index in [1.165, 1.54) is 0 Å². The zero-order chi connectivity index (χ0) is 19.9. The number of hydrogen-bond donors (Lipinski definition) is 1. The van der Waals surface area contributed by atoms with Crippen molar-refractivity contribution < 1.29 is 9.53 Å². The number of para-hydroxylation sites is 1. The summed E-state index contributed by atoms with van der Waals surface area (Å²) in [4.78, 5) is 14.4. The van der Waals surface area contributed by atoms with E-state index in [9.17, 15) is 4.79 Å². The van der Waals surface area contributed by atoms with Crippen molar-refractivity contribution in [3.05, 3.63) is 83.3 Å². The van der Waals surface area contributed by atoms with Gasteiger partial charge in [0, 0.05) is 27.6 Å². The minimum Gasteiger partial charge on any atom is -0.484 e. The van der Waals surface area contributed by atoms with Gasteiger partial charge in [0.1, 0.15) is 5.75 Å². The van der Waals surface area contributed by atoms with Crippen LogP contribution in [0.25, 0.3) is 0 Å². The number of rotatable bonds is 7. The van der Waals surface area contributed by atoms with Gasteiger partial charge in [0.2, 0.25) is 0 Å². The van der Waals surface area contributed by atoms with E-state index in [0.29, 0.717) is 11.8 Å². The first-order valence-corrected chi connectivity index (χ1v) is 9.95. The average Bonchev–Trinajstić information content (AvgIpc) is 2.70. The molecule has 4 nitrogen and oxygen atoms in total. The number of anilines is 3. The Bertz CT molecular complexity index is 894. The highest BCUT2D eigenvalue weighted by molar-refractivity contribution is 9.10. The van der Waals surface area contributed by atoms with Gasteiger partial charge in [-0.2, -0.15) is 0 Å². The SMILES string of the molecule is CC(C)N(c1ccccc1)c1ccc(NC(=O)COc2ccc(Br)cc2)cc1. The fourth-order valence-electron chi connectivity index (χ4n) is 2.92. The van der Waals surface area contributed by atoms with Gasteiger partial charge in [-0.1, -0.05) is 34.1 Å². The Morgan fingerprint density at radius 3 is 2.14 bits per heavy atom. The lowest BCUT2D eigenvalue weighted by molar-refractivity contribution is -0.118. The summed E-state index contributed by atoms with van der Waals surface area (Å²) in [5.41, 5.74) is 2.95. The molecule has 0 spiro atoms. The third-order valence-corrected chi connectivity index (χ3v) is 4.69. The minimum absolute atomic E-state index is 0.0362. The van der Waals surface area contributed by atoms with Gasteiger partial charge in [-0.05, 0) is 74.5 Å². The van der Waals surface area contributed by atoms with Gasteiger partial charge in [-0.25, -0.2) is 0 Å². The molecule has 0 atom stereocenters. The van der Waals surface area contributed by atoms with E-state index in [0.717, 1.165) is 21.5 Å². The van der Waals surface area contributed by atoms with Crippen molar-refractivity contribution in [1.82, 2.24) is 0 Å². The highest BCUT2D eigenvalue weighted by Crippen LogP contribution is 2.28. The molecule has 3 aromatic carbocycles. The molecule has 3 aromatic rings. The summed E-state index contributed by atoms with van der Waals surface area (Å²) in [7, 11) is 0. The number of halogens is 1. The molecule has 0 aliphatic carbocycles. The number of hydrogen-bond acceptors (Lipinski definition) is 3. The summed E-state index contributed by atoms with van der Waals surface area (Å²) in [6.07, 6.45) is 0. The minimum atomic E-state index is -0.195. The van der Waals surface area contributed by atoms with Crippen molar-refractivity contribution >= 4 is 38.9 Å². The number of nitrogens with one attached hydrogen (secondary N) is 1. The van der Waals surface area contributed by atoms with E-state index < -0.39 is 0 Å². The van der Waals surface area contributed by atoms with Crippen LogP contribution in [0.3, 0.4) is 0 Å². The summed E-state index contributed by atoms with van der Waals surface area (Å²) < 4.78 is 6.47. The number of ether oxygens (including phenoxy) is 1. The van der Waals surface area contributed by atoms with Crippen LogP contribution in [0.2, 0.25) is 0 Å². The van der Waals surface area contributed by atoms with Crippen LogP contribution in [0.15, 0.2) is 83.3 Å². The second-order valence-electron chi connectivity index (χ2n) is 6.64. The Labute approximate surface area is 174 Å². The fraction of sp³-hybridized carbons (Fsp3) is 0.174. The molecule has 0 unspecified atom stereocenters. The predicted molar refractivity (Wildman–Crippen MR) is 118 cm³/mol. The van der Waals surface area contributed by atoms with Crippen LogP contribution in [0.1, 0.15) is 13.8 Å². The van der Waals surface area contributed by atoms with E-state index in [1.807, 2.05) is 66.7 Å². The maximum atomic E-state index is 12.1. The lowest BCUT2D eigenvalue weighted by atomic mass is 10.2. The van der Waals surface area contributed by atoms with Crippen molar-refractivity contribution in [3.8, 4) is 5.75 Å². The van der Waals surface area contributed by atoms with Crippen molar-refractivity contribution in [2.45, 2.75) is 19.9 Å². The predicted octanol–water partition coefficient (Wildman–Crippen LogP) is 6.01. The maximum absolute atomic E-state index is 12.1. The lowest BCUT2D eigenvalue weighted by Crippen LogP contribution is -2.25. The van der Waals surface area contributed by atoms with E-state index in [-0.39, 0.29) is 12.5 Å². The van der Waals surface area contributed by atoms with Gasteiger partial charge in [0.15, 0.2) is 6.61 Å². The zero-order valence-corrected chi connectivity index (χ0v) is 17.5. The largest absolute Gasteiger partial charge is 0.484 e. The van der Waals surface area contributed by atoms with Crippen LogP contribution in [-0.2, 0) is 4.79 Å². The lowest BCUT2D eigenvalue weighted by Gasteiger charge is -2.29. The second-order valence-corrected chi connectivity index (χ2v) is 7.55. The van der Waals surface area contributed by atoms with Gasteiger partial charge >= 0.3 is 0 Å². The Balaban J connectivity index is 1.61. The molecule has 0 fully saturated rings. The van der Waals surface area contributed by atoms with Gasteiger partial charge in [0.05, 0.1) is 0 Å². The quantitative estimate of drug-likeness (QED) is 0.490. The normalized spacial score (nSPS) is 10.6. The van der Waals surface area contributed by atoms with Crippen molar-refractivity contribution in [2.24, 2.45) is 0 Å². The number of benzene rings is 3. The molecular weight excluding hydrogens is 416 g/mol. The molecule has 28 heavy (non-hydrogen) atoms. The standard InChI is InChI=1S/C23H23BrN2O2/c1-17(2)26(20-6-4-3-5-7-20)21-12-10-19(11-13-21)25-23(27)16-28-22-14-8-18(24)9-15-22/h3-15,17H,16H2,1-2H3,(H,25,27). The van der Waals surface area contributed by atoms with E-state index in [1.54, 1.807) is 0 Å². The number of nitrogens with zero attached hydrogens (tertiary/aromatic N) is 1. The summed E-state index contributed by atoms with van der Waals surface area (Å²) in [5.74, 6) is 0.462. The van der Waals surface area contributed by atoms with Gasteiger partial charge in [-0.3, -0.25) is 4.79 Å². The molecule has 0 bridgehead atoms. The molecular formula is C23H23BrN2O2.